The molecule has 0 radical (unpaired) electrons. The van der Waals surface area contributed by atoms with Gasteiger partial charge in [-0.2, -0.15) is 0 Å². The van der Waals surface area contributed by atoms with Gasteiger partial charge in [-0.15, -0.1) is 0 Å². The normalized spacial score (nSPS) is 36.1. The summed E-state index contributed by atoms with van der Waals surface area (Å²) in [5, 5.41) is 3.32. The Morgan fingerprint density at radius 3 is 2.11 bits per heavy atom. The molecule has 2 saturated carbocycles. The monoisotopic (exact) mass is 376 g/mol. The van der Waals surface area contributed by atoms with Gasteiger partial charge in [0.1, 0.15) is 0 Å². The van der Waals surface area contributed by atoms with Crippen LogP contribution >= 0.6 is 0 Å². The number of amides is 2. The van der Waals surface area contributed by atoms with Gasteiger partial charge in [-0.3, -0.25) is 9.59 Å². The van der Waals surface area contributed by atoms with Gasteiger partial charge in [0.05, 0.1) is 10.8 Å². The van der Waals surface area contributed by atoms with Crippen LogP contribution in [0.15, 0.2) is 12.2 Å². The molecule has 0 bridgehead atoms. The molecule has 0 spiro atoms. The van der Waals surface area contributed by atoms with E-state index in [2.05, 4.69) is 39.6 Å². The number of nitrogens with two attached hydrogens (primary N) is 1. The zero-order valence-electron chi connectivity index (χ0n) is 17.9. The lowest BCUT2D eigenvalue weighted by Crippen LogP contribution is -2.72. The molecule has 3 atom stereocenters. The van der Waals surface area contributed by atoms with Crippen LogP contribution in [0.1, 0.15) is 91.9 Å². The van der Waals surface area contributed by atoms with Crippen LogP contribution in [0.3, 0.4) is 0 Å². The van der Waals surface area contributed by atoms with Crippen LogP contribution in [0.2, 0.25) is 0 Å². The first kappa shape index (κ1) is 22.0. The summed E-state index contributed by atoms with van der Waals surface area (Å²) in [5.74, 6) is -0.143. The number of unbranched alkanes of at least 4 members (excludes halogenated alkanes) is 2. The Morgan fingerprint density at radius 2 is 1.63 bits per heavy atom. The maximum Gasteiger partial charge on any atom is 0.227 e. The molecule has 2 unspecified atom stereocenters. The predicted octanol–water partition coefficient (Wildman–Crippen LogP) is 4.73. The fraction of sp³-hybridized carbons (Fsp3) is 0.826. The van der Waals surface area contributed by atoms with Crippen LogP contribution in [0.25, 0.3) is 0 Å². The third kappa shape index (κ3) is 3.56. The van der Waals surface area contributed by atoms with Crippen molar-refractivity contribution in [1.82, 2.24) is 5.32 Å². The molecule has 3 N–H and O–H groups in total. The van der Waals surface area contributed by atoms with Gasteiger partial charge in [-0.25, -0.2) is 0 Å². The smallest absolute Gasteiger partial charge is 0.227 e. The summed E-state index contributed by atoms with van der Waals surface area (Å²) >= 11 is 0. The van der Waals surface area contributed by atoms with E-state index >= 15 is 0 Å². The molecular formula is C23H40N2O2. The molecule has 27 heavy (non-hydrogen) atoms. The second-order valence-electron chi connectivity index (χ2n) is 9.03. The Kier molecular flexibility index (Phi) is 7.15. The SMILES string of the molecule is C=C1CCCC[C@@H]1NC(=O)C1(CCCC)C(C)C(CCCC)(C(N)=O)C1C. The van der Waals surface area contributed by atoms with Gasteiger partial charge < -0.3 is 11.1 Å². The van der Waals surface area contributed by atoms with Crippen molar-refractivity contribution in [2.75, 3.05) is 0 Å². The minimum absolute atomic E-state index is 0.0209. The van der Waals surface area contributed by atoms with Crippen LogP contribution < -0.4 is 11.1 Å². The van der Waals surface area contributed by atoms with Crippen LogP contribution in [0, 0.1) is 22.7 Å². The van der Waals surface area contributed by atoms with E-state index in [0.717, 1.165) is 63.4 Å². The molecule has 0 aromatic heterocycles. The molecular weight excluding hydrogens is 336 g/mol. The van der Waals surface area contributed by atoms with Gasteiger partial charge >= 0.3 is 0 Å². The highest BCUT2D eigenvalue weighted by atomic mass is 16.2. The number of primary amides is 1. The molecule has 0 heterocycles. The standard InChI is InChI=1S/C23H40N2O2/c1-6-8-14-22(20(24)26)17(4)23(18(22)5,15-9-7-2)21(27)25-19-13-11-10-12-16(19)3/h17-19H,3,6-15H2,1-2,4-5H3,(H2,24,26)(H,25,27)/t17?,18?,19-,22?,23?/m0/s1. The highest BCUT2D eigenvalue weighted by Gasteiger charge is 2.71. The van der Waals surface area contributed by atoms with Crippen molar-refractivity contribution in [3.05, 3.63) is 12.2 Å². The van der Waals surface area contributed by atoms with Crippen LogP contribution in [0.5, 0.6) is 0 Å². The maximum atomic E-state index is 13.6. The lowest BCUT2D eigenvalue weighted by Gasteiger charge is -2.65. The van der Waals surface area contributed by atoms with Gasteiger partial charge in [0.2, 0.25) is 11.8 Å². The number of carbonyl (C=O) groups is 2. The predicted molar refractivity (Wildman–Crippen MR) is 111 cm³/mol. The van der Waals surface area contributed by atoms with E-state index in [0.29, 0.717) is 0 Å². The molecule has 4 nitrogen and oxygen atoms in total. The topological polar surface area (TPSA) is 72.2 Å². The van der Waals surface area contributed by atoms with E-state index in [1.165, 1.54) is 6.42 Å². The van der Waals surface area contributed by atoms with E-state index in [1.807, 2.05) is 0 Å². The number of hydrogen-bond donors (Lipinski definition) is 2. The molecule has 0 aliphatic heterocycles. The molecule has 2 fully saturated rings. The molecule has 2 amide bonds. The number of hydrogen-bond acceptors (Lipinski definition) is 2. The third-order valence-electron chi connectivity index (χ3n) is 7.90. The summed E-state index contributed by atoms with van der Waals surface area (Å²) < 4.78 is 0. The van der Waals surface area contributed by atoms with Gasteiger partial charge in [0.15, 0.2) is 0 Å². The number of nitrogens with one attached hydrogen (secondary N) is 1. The minimum Gasteiger partial charge on any atom is -0.369 e. The van der Waals surface area contributed by atoms with Crippen LogP contribution in [0.4, 0.5) is 0 Å². The highest BCUT2D eigenvalue weighted by molar-refractivity contribution is 5.92. The maximum absolute atomic E-state index is 13.6. The van der Waals surface area contributed by atoms with Crippen molar-refractivity contribution < 1.29 is 9.59 Å². The average Bonchev–Trinajstić information content (AvgIpc) is 2.64. The summed E-state index contributed by atoms with van der Waals surface area (Å²) in [4.78, 5) is 26.1. The van der Waals surface area contributed by atoms with Crippen molar-refractivity contribution in [2.45, 2.75) is 97.9 Å². The first-order valence-electron chi connectivity index (χ1n) is 11.1. The first-order valence-corrected chi connectivity index (χ1v) is 11.1. The second kappa shape index (κ2) is 8.79. The van der Waals surface area contributed by atoms with Gasteiger partial charge in [0, 0.05) is 6.04 Å². The van der Waals surface area contributed by atoms with E-state index in [9.17, 15) is 9.59 Å². The zero-order valence-corrected chi connectivity index (χ0v) is 17.9. The van der Waals surface area contributed by atoms with Gasteiger partial charge in [0.25, 0.3) is 0 Å². The molecule has 2 rings (SSSR count). The van der Waals surface area contributed by atoms with Gasteiger partial charge in [-0.05, 0) is 43.9 Å². The van der Waals surface area contributed by atoms with Gasteiger partial charge in [-0.1, -0.05) is 72.0 Å². The lowest BCUT2D eigenvalue weighted by atomic mass is 9.37. The summed E-state index contributed by atoms with van der Waals surface area (Å²) in [6, 6.07) is 0.0865. The molecule has 0 saturated heterocycles. The fourth-order valence-electron chi connectivity index (χ4n) is 5.98. The molecule has 0 aromatic carbocycles. The van der Waals surface area contributed by atoms with Crippen molar-refractivity contribution in [2.24, 2.45) is 28.4 Å². The largest absolute Gasteiger partial charge is 0.369 e. The van der Waals surface area contributed by atoms with E-state index in [-0.39, 0.29) is 29.7 Å². The fourth-order valence-corrected chi connectivity index (χ4v) is 5.98. The lowest BCUT2D eigenvalue weighted by molar-refractivity contribution is -0.203. The van der Waals surface area contributed by atoms with E-state index < -0.39 is 10.8 Å². The number of carbonyl (C=O) groups excluding carboxylic acids is 2. The molecule has 154 valence electrons. The third-order valence-corrected chi connectivity index (χ3v) is 7.90. The first-order chi connectivity index (χ1) is 12.8. The van der Waals surface area contributed by atoms with Crippen molar-refractivity contribution >= 4 is 11.8 Å². The van der Waals surface area contributed by atoms with Crippen LogP contribution in [-0.4, -0.2) is 17.9 Å². The zero-order chi connectivity index (χ0) is 20.2. The molecule has 4 heteroatoms. The molecule has 2 aliphatic carbocycles. The Balaban J connectivity index is 2.29. The second-order valence-corrected chi connectivity index (χ2v) is 9.03. The Morgan fingerprint density at radius 1 is 1.07 bits per heavy atom. The van der Waals surface area contributed by atoms with Crippen molar-refractivity contribution in [1.29, 1.82) is 0 Å². The van der Waals surface area contributed by atoms with E-state index in [1.54, 1.807) is 0 Å². The van der Waals surface area contributed by atoms with Crippen molar-refractivity contribution in [3.63, 3.8) is 0 Å². The molecule has 2 aliphatic rings. The Bertz CT molecular complexity index is 559. The van der Waals surface area contributed by atoms with Crippen LogP contribution in [-0.2, 0) is 9.59 Å². The summed E-state index contributed by atoms with van der Waals surface area (Å²) in [5.41, 5.74) is 6.03. The summed E-state index contributed by atoms with van der Waals surface area (Å²) in [6.45, 7) is 12.6. The van der Waals surface area contributed by atoms with E-state index in [4.69, 9.17) is 5.73 Å². The Hall–Kier alpha value is -1.32. The highest BCUT2D eigenvalue weighted by Crippen LogP contribution is 2.67. The summed E-state index contributed by atoms with van der Waals surface area (Å²) in [7, 11) is 0. The summed E-state index contributed by atoms with van der Waals surface area (Å²) in [6.07, 6.45) is 9.95. The average molecular weight is 377 g/mol. The Labute approximate surface area is 165 Å². The number of rotatable bonds is 9. The quantitative estimate of drug-likeness (QED) is 0.571. The minimum atomic E-state index is -0.551. The van der Waals surface area contributed by atoms with Crippen molar-refractivity contribution in [3.8, 4) is 0 Å². The molecule has 0 aromatic rings.